The Bertz CT molecular complexity index is 478. The second-order valence-electron chi connectivity index (χ2n) is 2.48. The minimum absolute atomic E-state index is 0.123. The molecule has 0 amide bonds. The molecule has 62 valence electrons. The van der Waals surface area contributed by atoms with Crippen LogP contribution in [0, 0.1) is 5.41 Å². The van der Waals surface area contributed by atoms with Crippen LogP contribution in [0.3, 0.4) is 0 Å². The van der Waals surface area contributed by atoms with Crippen molar-refractivity contribution in [3.05, 3.63) is 11.8 Å². The quantitative estimate of drug-likeness (QED) is 0.483. The van der Waals surface area contributed by atoms with Crippen molar-refractivity contribution in [2.45, 2.75) is 0 Å². The topological polar surface area (TPSA) is 96.4 Å². The third kappa shape index (κ3) is 0.714. The van der Waals surface area contributed by atoms with E-state index in [0.29, 0.717) is 17.1 Å². The summed E-state index contributed by atoms with van der Waals surface area (Å²) in [6.07, 6.45) is 1.52. The minimum Gasteiger partial charge on any atom is -0.369 e. The number of aryl methyl sites for hydroxylation is 1. The van der Waals surface area contributed by atoms with Crippen molar-refractivity contribution in [3.8, 4) is 0 Å². The highest BCUT2D eigenvalue weighted by molar-refractivity contribution is 5.69. The molecule has 0 bridgehead atoms. The van der Waals surface area contributed by atoms with E-state index in [2.05, 4.69) is 15.0 Å². The van der Waals surface area contributed by atoms with E-state index in [1.807, 2.05) is 0 Å². The Morgan fingerprint density at radius 2 is 2.42 bits per heavy atom. The Kier molecular flexibility index (Phi) is 1.18. The van der Waals surface area contributed by atoms with Gasteiger partial charge in [-0.2, -0.15) is 4.98 Å². The van der Waals surface area contributed by atoms with E-state index in [1.165, 1.54) is 6.33 Å². The fourth-order valence-corrected chi connectivity index (χ4v) is 1.07. The highest BCUT2D eigenvalue weighted by atomic mass is 15.2. The van der Waals surface area contributed by atoms with E-state index in [9.17, 15) is 0 Å². The van der Waals surface area contributed by atoms with Crippen molar-refractivity contribution >= 4 is 17.1 Å². The number of nitrogen functional groups attached to an aromatic ring is 1. The maximum absolute atomic E-state index is 7.44. The Labute approximate surface area is 67.6 Å². The Balaban J connectivity index is 3.07. The van der Waals surface area contributed by atoms with Crippen LogP contribution in [-0.4, -0.2) is 19.5 Å². The standard InChI is InChI=1S/C6H8N6/c1-12-5-3(9-2-10-5)4(7)11-6(12)8/h2H,1H3,(H,9,10)(H3,7,8,11). The van der Waals surface area contributed by atoms with Gasteiger partial charge in [0.25, 0.3) is 0 Å². The molecule has 0 saturated carbocycles. The van der Waals surface area contributed by atoms with Gasteiger partial charge in [0.2, 0.25) is 5.95 Å². The first-order valence-electron chi connectivity index (χ1n) is 3.40. The number of fused-ring (bicyclic) bond motifs is 1. The Morgan fingerprint density at radius 3 is 3.17 bits per heavy atom. The number of imidazole rings is 1. The lowest BCUT2D eigenvalue weighted by molar-refractivity contribution is 0.896. The Hall–Kier alpha value is -1.85. The molecule has 2 aromatic rings. The van der Waals surface area contributed by atoms with Gasteiger partial charge < -0.3 is 10.7 Å². The molecule has 0 fully saturated rings. The van der Waals surface area contributed by atoms with Crippen LogP contribution < -0.4 is 11.2 Å². The van der Waals surface area contributed by atoms with Crippen LogP contribution in [0.4, 0.5) is 5.95 Å². The first-order chi connectivity index (χ1) is 5.70. The van der Waals surface area contributed by atoms with E-state index in [1.54, 1.807) is 11.6 Å². The highest BCUT2D eigenvalue weighted by Gasteiger charge is 2.04. The van der Waals surface area contributed by atoms with Crippen molar-refractivity contribution in [1.29, 1.82) is 5.41 Å². The molecule has 4 N–H and O–H groups in total. The molecule has 12 heavy (non-hydrogen) atoms. The van der Waals surface area contributed by atoms with Gasteiger partial charge in [0.1, 0.15) is 5.52 Å². The highest BCUT2D eigenvalue weighted by Crippen LogP contribution is 2.03. The average molecular weight is 164 g/mol. The molecule has 2 heterocycles. The number of nitrogens with zero attached hydrogens (tertiary/aromatic N) is 3. The van der Waals surface area contributed by atoms with Crippen LogP contribution in [-0.2, 0) is 7.05 Å². The van der Waals surface area contributed by atoms with Crippen LogP contribution in [0.25, 0.3) is 11.2 Å². The van der Waals surface area contributed by atoms with E-state index in [4.69, 9.17) is 11.1 Å². The molecule has 2 rings (SSSR count). The summed E-state index contributed by atoms with van der Waals surface area (Å²) >= 11 is 0. The zero-order chi connectivity index (χ0) is 8.72. The molecule has 6 nitrogen and oxygen atoms in total. The van der Waals surface area contributed by atoms with Crippen molar-refractivity contribution in [1.82, 2.24) is 19.5 Å². The smallest absolute Gasteiger partial charge is 0.203 e. The summed E-state index contributed by atoms with van der Waals surface area (Å²) in [6, 6.07) is 0. The predicted molar refractivity (Wildman–Crippen MR) is 43.1 cm³/mol. The molecule has 2 aromatic heterocycles. The minimum atomic E-state index is 0.123. The fraction of sp³-hybridized carbons (Fsp3) is 0.167. The van der Waals surface area contributed by atoms with E-state index >= 15 is 0 Å². The lowest BCUT2D eigenvalue weighted by atomic mass is 10.5. The van der Waals surface area contributed by atoms with Crippen LogP contribution in [0.5, 0.6) is 0 Å². The normalized spacial score (nSPS) is 10.8. The summed E-state index contributed by atoms with van der Waals surface area (Å²) in [4.78, 5) is 10.6. The zero-order valence-corrected chi connectivity index (χ0v) is 6.50. The number of hydrogen-bond acceptors (Lipinski definition) is 4. The second-order valence-corrected chi connectivity index (χ2v) is 2.48. The third-order valence-corrected chi connectivity index (χ3v) is 1.74. The number of nitrogens with two attached hydrogens (primary N) is 1. The van der Waals surface area contributed by atoms with Crippen LogP contribution in [0.15, 0.2) is 6.33 Å². The molecular weight excluding hydrogens is 156 g/mol. The number of hydrogen-bond donors (Lipinski definition) is 3. The van der Waals surface area contributed by atoms with Crippen molar-refractivity contribution in [2.24, 2.45) is 7.05 Å². The molecule has 6 heteroatoms. The summed E-state index contributed by atoms with van der Waals surface area (Å²) in [7, 11) is 1.75. The number of aromatic amines is 1. The largest absolute Gasteiger partial charge is 0.369 e. The van der Waals surface area contributed by atoms with Crippen molar-refractivity contribution in [2.75, 3.05) is 5.73 Å². The van der Waals surface area contributed by atoms with Gasteiger partial charge in [-0.15, -0.1) is 0 Å². The van der Waals surface area contributed by atoms with E-state index in [0.717, 1.165) is 0 Å². The number of rotatable bonds is 0. The summed E-state index contributed by atoms with van der Waals surface area (Å²) in [5.41, 5.74) is 6.90. The number of aromatic nitrogens is 4. The SMILES string of the molecule is Cn1c(N)nc(=N)c2[nH]cnc21. The number of H-pyrrole nitrogens is 1. The molecule has 0 aliphatic carbocycles. The maximum Gasteiger partial charge on any atom is 0.203 e. The first-order valence-corrected chi connectivity index (χ1v) is 3.40. The lowest BCUT2D eigenvalue weighted by Crippen LogP contribution is -2.16. The van der Waals surface area contributed by atoms with Crippen molar-refractivity contribution in [3.63, 3.8) is 0 Å². The molecular formula is C6H8N6. The molecule has 0 aromatic carbocycles. The molecule has 0 radical (unpaired) electrons. The first kappa shape index (κ1) is 6.84. The van der Waals surface area contributed by atoms with Gasteiger partial charge in [-0.25, -0.2) is 4.98 Å². The van der Waals surface area contributed by atoms with Crippen LogP contribution in [0.2, 0.25) is 0 Å². The molecule has 0 atom stereocenters. The Morgan fingerprint density at radius 1 is 1.67 bits per heavy atom. The lowest BCUT2D eigenvalue weighted by Gasteiger charge is -2.01. The number of anilines is 1. The molecule has 0 aliphatic rings. The molecule has 0 aliphatic heterocycles. The summed E-state index contributed by atoms with van der Waals surface area (Å²) < 4.78 is 1.63. The maximum atomic E-state index is 7.44. The van der Waals surface area contributed by atoms with Gasteiger partial charge in [-0.05, 0) is 0 Å². The second kappa shape index (κ2) is 2.07. The van der Waals surface area contributed by atoms with E-state index in [-0.39, 0.29) is 5.49 Å². The molecule has 0 unspecified atom stereocenters. The fourth-order valence-electron chi connectivity index (χ4n) is 1.07. The molecule has 0 spiro atoms. The van der Waals surface area contributed by atoms with Gasteiger partial charge in [0, 0.05) is 7.05 Å². The number of nitrogens with one attached hydrogen (secondary N) is 2. The van der Waals surface area contributed by atoms with Crippen molar-refractivity contribution < 1.29 is 0 Å². The van der Waals surface area contributed by atoms with Gasteiger partial charge in [0.15, 0.2) is 11.1 Å². The van der Waals surface area contributed by atoms with Gasteiger partial charge in [0.05, 0.1) is 6.33 Å². The van der Waals surface area contributed by atoms with Gasteiger partial charge in [-0.3, -0.25) is 9.98 Å². The molecule has 0 saturated heterocycles. The predicted octanol–water partition coefficient (Wildman–Crippen LogP) is -0.642. The van der Waals surface area contributed by atoms with Gasteiger partial charge in [-0.1, -0.05) is 0 Å². The summed E-state index contributed by atoms with van der Waals surface area (Å²) in [5, 5.41) is 7.44. The van der Waals surface area contributed by atoms with E-state index < -0.39 is 0 Å². The van der Waals surface area contributed by atoms with Crippen LogP contribution in [0.1, 0.15) is 0 Å². The van der Waals surface area contributed by atoms with Crippen LogP contribution >= 0.6 is 0 Å². The average Bonchev–Trinajstić information content (AvgIpc) is 2.48. The monoisotopic (exact) mass is 164 g/mol. The van der Waals surface area contributed by atoms with Gasteiger partial charge >= 0.3 is 0 Å². The summed E-state index contributed by atoms with van der Waals surface area (Å²) in [5.74, 6) is 0.291. The zero-order valence-electron chi connectivity index (χ0n) is 6.50. The summed E-state index contributed by atoms with van der Waals surface area (Å²) in [6.45, 7) is 0. The third-order valence-electron chi connectivity index (χ3n) is 1.74.